The zero-order valence-electron chi connectivity index (χ0n) is 11.7. The van der Waals surface area contributed by atoms with Crippen LogP contribution in [0.5, 0.6) is 0 Å². The summed E-state index contributed by atoms with van der Waals surface area (Å²) >= 11 is 0. The Morgan fingerprint density at radius 1 is 1.14 bits per heavy atom. The van der Waals surface area contributed by atoms with Gasteiger partial charge in [-0.15, -0.1) is 0 Å². The van der Waals surface area contributed by atoms with Gasteiger partial charge in [-0.05, 0) is 43.9 Å². The van der Waals surface area contributed by atoms with E-state index in [-0.39, 0.29) is 18.0 Å². The minimum atomic E-state index is -4.55. The molecule has 120 valence electrons. The van der Waals surface area contributed by atoms with Gasteiger partial charge in [0.1, 0.15) is 17.3 Å². The summed E-state index contributed by atoms with van der Waals surface area (Å²) in [6.07, 6.45) is 1.68. The molecule has 0 radical (unpaired) electrons. The van der Waals surface area contributed by atoms with Gasteiger partial charge in [0.25, 0.3) is 0 Å². The molecule has 22 heavy (non-hydrogen) atoms. The van der Waals surface area contributed by atoms with Crippen molar-refractivity contribution in [3.05, 3.63) is 35.4 Å². The topological polar surface area (TPSA) is 77.8 Å². The fraction of sp³-hybridized carbons (Fsp3) is 0.500. The fourth-order valence-electron chi connectivity index (χ4n) is 3.53. The molecule has 0 aromatic heterocycles. The first-order chi connectivity index (χ1) is 10.3. The predicted molar refractivity (Wildman–Crippen MR) is 74.0 cm³/mol. The third-order valence-corrected chi connectivity index (χ3v) is 5.83. The van der Waals surface area contributed by atoms with Crippen LogP contribution >= 0.6 is 7.60 Å². The van der Waals surface area contributed by atoms with Gasteiger partial charge in [-0.25, -0.2) is 8.78 Å². The van der Waals surface area contributed by atoms with Crippen LogP contribution in [-0.2, 0) is 9.36 Å². The van der Waals surface area contributed by atoms with Crippen molar-refractivity contribution in [2.45, 2.75) is 43.4 Å². The van der Waals surface area contributed by atoms with Crippen molar-refractivity contribution in [3.63, 3.8) is 0 Å². The highest BCUT2D eigenvalue weighted by Gasteiger charge is 2.49. The minimum Gasteiger partial charge on any atom is -0.332 e. The summed E-state index contributed by atoms with van der Waals surface area (Å²) in [4.78, 5) is 32.4. The molecule has 8 heteroatoms. The summed E-state index contributed by atoms with van der Waals surface area (Å²) in [5, 5.41) is 0. The highest BCUT2D eigenvalue weighted by Crippen LogP contribution is 2.51. The van der Waals surface area contributed by atoms with E-state index in [1.54, 1.807) is 0 Å². The second-order valence-corrected chi connectivity index (χ2v) is 7.64. The minimum absolute atomic E-state index is 0.0715. The molecule has 1 amide bonds. The molecular formula is C14H16F2NO4P. The van der Waals surface area contributed by atoms with Crippen molar-refractivity contribution < 1.29 is 27.9 Å². The Morgan fingerprint density at radius 3 is 2.50 bits per heavy atom. The van der Waals surface area contributed by atoms with E-state index in [0.717, 1.165) is 18.2 Å². The molecular weight excluding hydrogens is 315 g/mol. The van der Waals surface area contributed by atoms with Crippen molar-refractivity contribution in [3.8, 4) is 0 Å². The van der Waals surface area contributed by atoms with Crippen LogP contribution in [0.2, 0.25) is 0 Å². The van der Waals surface area contributed by atoms with Crippen molar-refractivity contribution in [2.75, 3.05) is 0 Å². The molecule has 1 unspecified atom stereocenters. The van der Waals surface area contributed by atoms with Crippen molar-refractivity contribution in [2.24, 2.45) is 0 Å². The number of carbonyl (C=O) groups is 1. The number of fused-ring (bicyclic) bond motifs is 1. The van der Waals surface area contributed by atoms with Crippen molar-refractivity contribution in [1.82, 2.24) is 4.90 Å². The zero-order valence-corrected chi connectivity index (χ0v) is 12.5. The lowest BCUT2D eigenvalue weighted by Gasteiger charge is -2.38. The standard InChI is InChI=1S/C14H16F2NO4P/c15-8-1-4-11(16)10(7-8)12-5-2-9-3-6-13(22(19,20)21)14(18)17(9)12/h1,4,7,9,12-13H,2-3,5-6H2,(H2,19,20,21)/t9-,12-,13?/m0/s1. The molecule has 2 heterocycles. The molecule has 0 saturated carbocycles. The molecule has 2 saturated heterocycles. The van der Waals surface area contributed by atoms with E-state index in [9.17, 15) is 27.9 Å². The fourth-order valence-corrected chi connectivity index (χ4v) is 4.44. The lowest BCUT2D eigenvalue weighted by atomic mass is 10.0. The van der Waals surface area contributed by atoms with Gasteiger partial charge in [-0.3, -0.25) is 9.36 Å². The van der Waals surface area contributed by atoms with E-state index in [1.807, 2.05) is 0 Å². The smallest absolute Gasteiger partial charge is 0.332 e. The van der Waals surface area contributed by atoms with Crippen LogP contribution in [0, 0.1) is 11.6 Å². The predicted octanol–water partition coefficient (Wildman–Crippen LogP) is 2.34. The average molecular weight is 331 g/mol. The third-order valence-electron chi connectivity index (χ3n) is 4.54. The maximum atomic E-state index is 14.0. The van der Waals surface area contributed by atoms with Gasteiger partial charge in [-0.1, -0.05) is 0 Å². The maximum Gasteiger partial charge on any atom is 0.337 e. The Bertz CT molecular complexity index is 662. The number of hydrogen-bond acceptors (Lipinski definition) is 2. The summed E-state index contributed by atoms with van der Waals surface area (Å²) in [7, 11) is -4.55. The average Bonchev–Trinajstić information content (AvgIpc) is 2.85. The maximum absolute atomic E-state index is 14.0. The lowest BCUT2D eigenvalue weighted by Crippen LogP contribution is -2.47. The Kier molecular flexibility index (Phi) is 3.83. The van der Waals surface area contributed by atoms with Gasteiger partial charge >= 0.3 is 7.60 Å². The first kappa shape index (κ1) is 15.6. The van der Waals surface area contributed by atoms with Crippen LogP contribution in [0.4, 0.5) is 8.78 Å². The van der Waals surface area contributed by atoms with E-state index in [1.165, 1.54) is 4.90 Å². The molecule has 1 aromatic rings. The Balaban J connectivity index is 1.96. The normalized spacial score (nSPS) is 28.8. The van der Waals surface area contributed by atoms with Gasteiger partial charge in [0.15, 0.2) is 0 Å². The Morgan fingerprint density at radius 2 is 1.82 bits per heavy atom. The van der Waals surface area contributed by atoms with Crippen LogP contribution in [0.15, 0.2) is 18.2 Å². The van der Waals surface area contributed by atoms with E-state index >= 15 is 0 Å². The molecule has 5 nitrogen and oxygen atoms in total. The quantitative estimate of drug-likeness (QED) is 0.816. The van der Waals surface area contributed by atoms with Crippen LogP contribution in [0.25, 0.3) is 0 Å². The molecule has 2 N–H and O–H groups in total. The molecule has 0 bridgehead atoms. The summed E-state index contributed by atoms with van der Waals surface area (Å²) in [6.45, 7) is 0. The number of carbonyl (C=O) groups excluding carboxylic acids is 1. The van der Waals surface area contributed by atoms with Gasteiger partial charge in [0, 0.05) is 11.6 Å². The highest BCUT2D eigenvalue weighted by atomic mass is 31.2. The number of benzene rings is 1. The summed E-state index contributed by atoms with van der Waals surface area (Å²) in [5.41, 5.74) is -1.30. The van der Waals surface area contributed by atoms with Crippen molar-refractivity contribution in [1.29, 1.82) is 0 Å². The molecule has 1 aromatic carbocycles. The summed E-state index contributed by atoms with van der Waals surface area (Å²) < 4.78 is 38.8. The zero-order chi connectivity index (χ0) is 16.1. The monoisotopic (exact) mass is 331 g/mol. The van der Waals surface area contributed by atoms with Crippen molar-refractivity contribution >= 4 is 13.5 Å². The highest BCUT2D eigenvalue weighted by molar-refractivity contribution is 7.53. The molecule has 2 aliphatic rings. The number of amides is 1. The first-order valence-electron chi connectivity index (χ1n) is 7.11. The number of hydrogen-bond donors (Lipinski definition) is 2. The van der Waals surface area contributed by atoms with Crippen LogP contribution in [0.1, 0.15) is 37.3 Å². The largest absolute Gasteiger partial charge is 0.337 e. The van der Waals surface area contributed by atoms with Gasteiger partial charge in [0.2, 0.25) is 5.91 Å². The van der Waals surface area contributed by atoms with E-state index < -0.39 is 36.8 Å². The molecule has 0 aliphatic carbocycles. The first-order valence-corrected chi connectivity index (χ1v) is 8.79. The molecule has 3 rings (SSSR count). The number of nitrogens with zero attached hydrogens (tertiary/aromatic N) is 1. The van der Waals surface area contributed by atoms with Crippen LogP contribution < -0.4 is 0 Å². The number of halogens is 2. The lowest BCUT2D eigenvalue weighted by molar-refractivity contribution is -0.136. The van der Waals surface area contributed by atoms with Crippen LogP contribution in [0.3, 0.4) is 0 Å². The molecule has 0 spiro atoms. The second-order valence-electron chi connectivity index (χ2n) is 5.84. The van der Waals surface area contributed by atoms with E-state index in [2.05, 4.69) is 0 Å². The van der Waals surface area contributed by atoms with E-state index in [0.29, 0.717) is 19.3 Å². The van der Waals surface area contributed by atoms with Gasteiger partial charge in [0.05, 0.1) is 6.04 Å². The van der Waals surface area contributed by atoms with E-state index in [4.69, 9.17) is 0 Å². The Labute approximate surface area is 126 Å². The second kappa shape index (κ2) is 5.41. The SMILES string of the molecule is O=C1C(P(=O)(O)O)CC[C@@H]2CC[C@@H](c3cc(F)ccc3F)N12. The molecule has 2 fully saturated rings. The molecule has 2 aliphatic heterocycles. The summed E-state index contributed by atoms with van der Waals surface area (Å²) in [5.74, 6) is -1.87. The van der Waals surface area contributed by atoms with Crippen LogP contribution in [-0.4, -0.2) is 32.3 Å². The molecule has 3 atom stereocenters. The number of piperidine rings is 1. The summed E-state index contributed by atoms with van der Waals surface area (Å²) in [6, 6.07) is 2.23. The Hall–Kier alpha value is -1.30. The third kappa shape index (κ3) is 2.57. The van der Waals surface area contributed by atoms with Gasteiger partial charge < -0.3 is 14.7 Å². The van der Waals surface area contributed by atoms with Gasteiger partial charge in [-0.2, -0.15) is 0 Å². The number of rotatable bonds is 2.